The van der Waals surface area contributed by atoms with E-state index in [0.717, 1.165) is 77.0 Å². The van der Waals surface area contributed by atoms with E-state index in [9.17, 15) is 19.8 Å². The minimum atomic E-state index is -0.791. The Bertz CT molecular complexity index is 993. The molecule has 3 atom stereocenters. The van der Waals surface area contributed by atoms with E-state index in [1.54, 1.807) is 0 Å². The van der Waals surface area contributed by atoms with Crippen molar-refractivity contribution in [2.75, 3.05) is 6.61 Å². The molecule has 0 fully saturated rings. The molecule has 352 valence electrons. The molecule has 0 aromatic carbocycles. The minimum absolute atomic E-state index is 0.0645. The van der Waals surface area contributed by atoms with E-state index >= 15 is 0 Å². The maximum Gasteiger partial charge on any atom is 0.306 e. The lowest BCUT2D eigenvalue weighted by Gasteiger charge is -2.24. The van der Waals surface area contributed by atoms with Crippen LogP contribution in [0.3, 0.4) is 0 Å². The number of allylic oxidation sites excluding steroid dienone is 6. The summed E-state index contributed by atoms with van der Waals surface area (Å²) in [5.74, 6) is -0.491. The van der Waals surface area contributed by atoms with Gasteiger partial charge in [0.1, 0.15) is 6.10 Å². The third-order valence-electron chi connectivity index (χ3n) is 12.0. The number of hydrogen-bond donors (Lipinski definition) is 3. The fourth-order valence-corrected chi connectivity index (χ4v) is 7.95. The van der Waals surface area contributed by atoms with E-state index in [4.69, 9.17) is 4.74 Å². The zero-order valence-electron chi connectivity index (χ0n) is 40.1. The Morgan fingerprint density at radius 1 is 0.483 bits per heavy atom. The second kappa shape index (κ2) is 48.1. The predicted octanol–water partition coefficient (Wildman–Crippen LogP) is 15.7. The molecule has 0 aliphatic carbocycles. The van der Waals surface area contributed by atoms with Crippen molar-refractivity contribution in [1.82, 2.24) is 5.32 Å². The molecule has 0 saturated carbocycles. The molecule has 1 amide bonds. The summed E-state index contributed by atoms with van der Waals surface area (Å²) >= 11 is 0. The minimum Gasteiger partial charge on any atom is -0.462 e. The van der Waals surface area contributed by atoms with Crippen LogP contribution in [-0.4, -0.2) is 46.9 Å². The van der Waals surface area contributed by atoms with Gasteiger partial charge in [-0.2, -0.15) is 0 Å². The van der Waals surface area contributed by atoms with E-state index in [0.29, 0.717) is 19.3 Å². The molecule has 3 unspecified atom stereocenters. The number of hydrogen-bond acceptors (Lipinski definition) is 5. The summed E-state index contributed by atoms with van der Waals surface area (Å²) in [4.78, 5) is 26.1. The topological polar surface area (TPSA) is 95.9 Å². The first-order chi connectivity index (χ1) is 29.5. The van der Waals surface area contributed by atoms with Crippen LogP contribution in [0.25, 0.3) is 0 Å². The van der Waals surface area contributed by atoms with Crippen molar-refractivity contribution >= 4 is 11.9 Å². The molecular weight excluding hydrogens is 743 g/mol. The molecule has 0 radical (unpaired) electrons. The van der Waals surface area contributed by atoms with Crippen molar-refractivity contribution in [3.8, 4) is 0 Å². The normalized spacial score (nSPS) is 13.5. The Balaban J connectivity index is 4.57. The maximum atomic E-state index is 13.2. The maximum absolute atomic E-state index is 13.2. The molecule has 60 heavy (non-hydrogen) atoms. The summed E-state index contributed by atoms with van der Waals surface area (Å²) in [7, 11) is 0. The molecule has 0 rings (SSSR count). The number of esters is 1. The molecule has 0 bridgehead atoms. The largest absolute Gasteiger partial charge is 0.462 e. The van der Waals surface area contributed by atoms with Gasteiger partial charge in [-0.3, -0.25) is 9.59 Å². The molecule has 0 saturated heterocycles. The molecule has 0 spiro atoms. The fourth-order valence-electron chi connectivity index (χ4n) is 7.95. The molecule has 0 aromatic rings. The van der Waals surface area contributed by atoms with Crippen LogP contribution in [0.4, 0.5) is 0 Å². The van der Waals surface area contributed by atoms with Crippen LogP contribution in [0.2, 0.25) is 0 Å². The lowest BCUT2D eigenvalue weighted by molar-refractivity contribution is -0.151. The standard InChI is InChI=1S/C54H101NO5/c1-4-7-10-13-16-19-22-24-25-26-27-29-32-35-38-41-44-47-54(59)60-50(45-42-39-36-33-31-28-23-20-17-14-11-8-5-2)48-53(58)55-51(49-56)52(57)46-43-40-37-34-30-21-18-15-12-9-6-3/h17,20,23-25,28,50-52,56-57H,4-16,18-19,21-22,26-27,29-49H2,1-3H3,(H,55,58)/b20-17+,25-24+,28-23+. The van der Waals surface area contributed by atoms with E-state index in [1.165, 1.54) is 148 Å². The van der Waals surface area contributed by atoms with Gasteiger partial charge in [-0.05, 0) is 77.0 Å². The number of aliphatic hydroxyl groups is 2. The second-order valence-corrected chi connectivity index (χ2v) is 17.9. The molecule has 0 aliphatic heterocycles. The van der Waals surface area contributed by atoms with Gasteiger partial charge in [-0.1, -0.05) is 218 Å². The van der Waals surface area contributed by atoms with Crippen LogP contribution in [0.1, 0.15) is 271 Å². The van der Waals surface area contributed by atoms with E-state index < -0.39 is 18.2 Å². The number of nitrogens with one attached hydrogen (secondary N) is 1. The van der Waals surface area contributed by atoms with E-state index in [-0.39, 0.29) is 24.9 Å². The zero-order valence-corrected chi connectivity index (χ0v) is 40.1. The number of unbranched alkanes of at least 4 members (excludes halogenated alkanes) is 30. The van der Waals surface area contributed by atoms with Crippen molar-refractivity contribution in [2.45, 2.75) is 289 Å². The van der Waals surface area contributed by atoms with Crippen molar-refractivity contribution < 1.29 is 24.5 Å². The van der Waals surface area contributed by atoms with Crippen molar-refractivity contribution in [3.05, 3.63) is 36.5 Å². The molecule has 3 N–H and O–H groups in total. The van der Waals surface area contributed by atoms with Crippen LogP contribution in [0, 0.1) is 0 Å². The van der Waals surface area contributed by atoms with Crippen molar-refractivity contribution in [3.63, 3.8) is 0 Å². The van der Waals surface area contributed by atoms with Gasteiger partial charge in [0.2, 0.25) is 5.91 Å². The highest BCUT2D eigenvalue weighted by atomic mass is 16.5. The van der Waals surface area contributed by atoms with E-state index in [1.807, 2.05) is 0 Å². The summed E-state index contributed by atoms with van der Waals surface area (Å²) in [6.45, 7) is 6.45. The molecule has 0 aliphatic rings. The average molecular weight is 844 g/mol. The highest BCUT2D eigenvalue weighted by Gasteiger charge is 2.24. The average Bonchev–Trinajstić information content (AvgIpc) is 3.24. The monoisotopic (exact) mass is 844 g/mol. The lowest BCUT2D eigenvalue weighted by atomic mass is 10.0. The zero-order chi connectivity index (χ0) is 43.8. The molecule has 0 heterocycles. The van der Waals surface area contributed by atoms with Gasteiger partial charge in [0, 0.05) is 6.42 Å². The Morgan fingerprint density at radius 3 is 1.32 bits per heavy atom. The lowest BCUT2D eigenvalue weighted by Crippen LogP contribution is -2.46. The Morgan fingerprint density at radius 2 is 0.850 bits per heavy atom. The van der Waals surface area contributed by atoms with Crippen LogP contribution < -0.4 is 5.32 Å². The molecule has 6 nitrogen and oxygen atoms in total. The van der Waals surface area contributed by atoms with Gasteiger partial charge in [-0.15, -0.1) is 0 Å². The quantitative estimate of drug-likeness (QED) is 0.0245. The Hall–Kier alpha value is -1.92. The molecule has 6 heteroatoms. The van der Waals surface area contributed by atoms with Gasteiger partial charge >= 0.3 is 5.97 Å². The van der Waals surface area contributed by atoms with Crippen LogP contribution >= 0.6 is 0 Å². The summed E-state index contributed by atoms with van der Waals surface area (Å²) in [6.07, 6.45) is 56.3. The van der Waals surface area contributed by atoms with Crippen LogP contribution in [-0.2, 0) is 14.3 Å². The summed E-state index contributed by atoms with van der Waals surface area (Å²) in [5, 5.41) is 23.7. The van der Waals surface area contributed by atoms with Crippen LogP contribution in [0.5, 0.6) is 0 Å². The van der Waals surface area contributed by atoms with E-state index in [2.05, 4.69) is 62.5 Å². The second-order valence-electron chi connectivity index (χ2n) is 17.9. The Kier molecular flexibility index (Phi) is 46.6. The SMILES string of the molecule is CCCCC/C=C/C=C/CCCCCCC(CC(=O)NC(CO)C(O)CCCCCCCCCCCCC)OC(=O)CCCCCCCCC/C=C/CCCCCCCC. The number of ether oxygens (including phenoxy) is 1. The third-order valence-corrected chi connectivity index (χ3v) is 12.0. The van der Waals surface area contributed by atoms with Gasteiger partial charge in [0.15, 0.2) is 0 Å². The number of amides is 1. The smallest absolute Gasteiger partial charge is 0.306 e. The number of carbonyl (C=O) groups is 2. The van der Waals surface area contributed by atoms with Gasteiger partial charge in [0.25, 0.3) is 0 Å². The predicted molar refractivity (Wildman–Crippen MR) is 259 cm³/mol. The number of aliphatic hydroxyl groups excluding tert-OH is 2. The fraction of sp³-hybridized carbons (Fsp3) is 0.852. The first-order valence-electron chi connectivity index (χ1n) is 26.2. The summed E-state index contributed by atoms with van der Waals surface area (Å²) in [5.41, 5.74) is 0. The first kappa shape index (κ1) is 58.1. The third kappa shape index (κ3) is 42.8. The van der Waals surface area contributed by atoms with Crippen LogP contribution in [0.15, 0.2) is 36.5 Å². The number of rotatable bonds is 47. The summed E-state index contributed by atoms with van der Waals surface area (Å²) < 4.78 is 5.93. The van der Waals surface area contributed by atoms with Gasteiger partial charge < -0.3 is 20.3 Å². The Labute approximate surface area is 373 Å². The van der Waals surface area contributed by atoms with Gasteiger partial charge in [-0.25, -0.2) is 0 Å². The highest BCUT2D eigenvalue weighted by Crippen LogP contribution is 2.18. The molecular formula is C54H101NO5. The van der Waals surface area contributed by atoms with Gasteiger partial charge in [0.05, 0.1) is 25.2 Å². The van der Waals surface area contributed by atoms with Crippen molar-refractivity contribution in [2.24, 2.45) is 0 Å². The summed E-state index contributed by atoms with van der Waals surface area (Å²) in [6, 6.07) is -0.706. The highest BCUT2D eigenvalue weighted by molar-refractivity contribution is 5.77. The first-order valence-corrected chi connectivity index (χ1v) is 26.2. The van der Waals surface area contributed by atoms with Crippen molar-refractivity contribution in [1.29, 1.82) is 0 Å². The molecule has 0 aromatic heterocycles. The number of carbonyl (C=O) groups excluding carboxylic acids is 2.